The number of quaternary nitrogens is 1. The molecule has 1 N–H and O–H groups in total. The number of likely N-dealkylation sites (N-methyl/N-ethyl adjacent to an activating group) is 1. The first-order valence-electron chi connectivity index (χ1n) is 9.46. The Morgan fingerprint density at radius 1 is 1.27 bits per heavy atom. The molecule has 2 aliphatic heterocycles. The van der Waals surface area contributed by atoms with Crippen molar-refractivity contribution in [3.05, 3.63) is 45.6 Å². The Morgan fingerprint density at radius 3 is 2.70 bits per heavy atom. The molecule has 3 amide bonds. The summed E-state index contributed by atoms with van der Waals surface area (Å²) >= 11 is 7.04. The second-order valence-corrected chi connectivity index (χ2v) is 9.02. The molecule has 10 heteroatoms. The van der Waals surface area contributed by atoms with Gasteiger partial charge in [-0.2, -0.15) is 0 Å². The number of anilines is 1. The summed E-state index contributed by atoms with van der Waals surface area (Å²) in [4.78, 5) is 38.8. The fourth-order valence-corrected chi connectivity index (χ4v) is 4.44. The molecule has 4 rings (SSSR count). The maximum atomic E-state index is 12.3. The van der Waals surface area contributed by atoms with Gasteiger partial charge in [-0.3, -0.25) is 9.69 Å². The van der Waals surface area contributed by atoms with Crippen molar-refractivity contribution in [1.82, 2.24) is 9.80 Å². The fourth-order valence-electron chi connectivity index (χ4n) is 3.48. The second kappa shape index (κ2) is 8.35. The van der Waals surface area contributed by atoms with E-state index in [1.165, 1.54) is 16.2 Å². The van der Waals surface area contributed by atoms with Crippen molar-refractivity contribution in [1.29, 1.82) is 0 Å². The lowest BCUT2D eigenvalue weighted by Crippen LogP contribution is -2.57. The quantitative estimate of drug-likeness (QED) is 0.708. The summed E-state index contributed by atoms with van der Waals surface area (Å²) in [6, 6.07) is 10.6. The van der Waals surface area contributed by atoms with Gasteiger partial charge in [0, 0.05) is 17.8 Å². The van der Waals surface area contributed by atoms with E-state index in [4.69, 9.17) is 21.1 Å². The molecular weight excluding hydrogens is 430 g/mol. The average Bonchev–Trinajstić information content (AvgIpc) is 3.34. The highest BCUT2D eigenvalue weighted by Gasteiger charge is 2.38. The molecule has 2 unspecified atom stereocenters. The van der Waals surface area contributed by atoms with Gasteiger partial charge in [-0.1, -0.05) is 11.6 Å². The van der Waals surface area contributed by atoms with Crippen LogP contribution >= 0.6 is 22.9 Å². The molecule has 1 aromatic carbocycles. The van der Waals surface area contributed by atoms with Crippen LogP contribution in [0.1, 0.15) is 9.67 Å². The van der Waals surface area contributed by atoms with Crippen molar-refractivity contribution in [2.45, 2.75) is 6.10 Å². The summed E-state index contributed by atoms with van der Waals surface area (Å²) in [6.45, 7) is 1.72. The van der Waals surface area contributed by atoms with Crippen LogP contribution in [0.25, 0.3) is 0 Å². The van der Waals surface area contributed by atoms with Crippen molar-refractivity contribution in [2.75, 3.05) is 44.8 Å². The Bertz CT molecular complexity index is 979. The number of carbonyl (C=O) groups excluding carboxylic acids is 3. The van der Waals surface area contributed by atoms with Crippen LogP contribution in [0.5, 0.6) is 0 Å². The molecule has 2 saturated heterocycles. The van der Waals surface area contributed by atoms with Crippen LogP contribution in [-0.2, 0) is 14.3 Å². The van der Waals surface area contributed by atoms with E-state index in [1.807, 2.05) is 19.2 Å². The summed E-state index contributed by atoms with van der Waals surface area (Å²) in [5, 5.41) is 2.77. The van der Waals surface area contributed by atoms with Gasteiger partial charge in [0.2, 0.25) is 0 Å². The second-order valence-electron chi connectivity index (χ2n) is 7.31. The van der Waals surface area contributed by atoms with Gasteiger partial charge < -0.3 is 14.8 Å². The number of nitrogens with zero attached hydrogens (tertiary/aromatic N) is 2. The number of amides is 3. The van der Waals surface area contributed by atoms with E-state index < -0.39 is 12.2 Å². The number of ether oxygens (including phenoxy) is 2. The average molecular weight is 451 g/mol. The maximum absolute atomic E-state index is 12.3. The summed E-state index contributed by atoms with van der Waals surface area (Å²) < 4.78 is 11.3. The van der Waals surface area contributed by atoms with Crippen LogP contribution in [0, 0.1) is 0 Å². The first-order chi connectivity index (χ1) is 14.4. The standard InChI is InChI=1S/C20H20ClN3O5S/c1-24(8-9-28-12-18(24)25)14-4-2-13(3-5-14)23-11-15(29-20(23)27)10-22-19(26)16-6-7-17(21)30-16/h2-7,15H,8-12H2,1H3/p+1. The number of benzene rings is 1. The predicted octanol–water partition coefficient (Wildman–Crippen LogP) is 2.65. The van der Waals surface area contributed by atoms with E-state index in [0.29, 0.717) is 34.6 Å². The molecule has 0 aliphatic carbocycles. The molecule has 1 aromatic heterocycles. The zero-order chi connectivity index (χ0) is 21.3. The fraction of sp³-hybridized carbons (Fsp3) is 0.350. The largest absolute Gasteiger partial charge is 0.442 e. The van der Waals surface area contributed by atoms with E-state index in [1.54, 1.807) is 24.3 Å². The molecule has 0 radical (unpaired) electrons. The third-order valence-electron chi connectivity index (χ3n) is 5.35. The number of rotatable bonds is 5. The van der Waals surface area contributed by atoms with Crippen LogP contribution in [0.2, 0.25) is 4.34 Å². The smallest absolute Gasteiger partial charge is 0.414 e. The molecule has 2 aromatic rings. The molecular formula is C20H21ClN3O5S+. The van der Waals surface area contributed by atoms with E-state index in [-0.39, 0.29) is 29.4 Å². The summed E-state index contributed by atoms with van der Waals surface area (Å²) in [5.74, 6) is -0.254. The van der Waals surface area contributed by atoms with Gasteiger partial charge in [0.05, 0.1) is 36.0 Å². The highest BCUT2D eigenvalue weighted by molar-refractivity contribution is 7.18. The molecule has 158 valence electrons. The van der Waals surface area contributed by atoms with Crippen LogP contribution in [0.15, 0.2) is 36.4 Å². The first-order valence-corrected chi connectivity index (χ1v) is 10.7. The molecule has 2 atom stereocenters. The molecule has 8 nitrogen and oxygen atoms in total. The van der Waals surface area contributed by atoms with E-state index >= 15 is 0 Å². The monoisotopic (exact) mass is 450 g/mol. The van der Waals surface area contributed by atoms with Gasteiger partial charge in [0.15, 0.2) is 6.61 Å². The van der Waals surface area contributed by atoms with Crippen LogP contribution < -0.4 is 14.7 Å². The van der Waals surface area contributed by atoms with Crippen molar-refractivity contribution in [3.63, 3.8) is 0 Å². The maximum Gasteiger partial charge on any atom is 0.414 e. The Labute approximate surface area is 182 Å². The van der Waals surface area contributed by atoms with Crippen molar-refractivity contribution < 1.29 is 23.9 Å². The summed E-state index contributed by atoms with van der Waals surface area (Å²) in [6.07, 6.45) is -0.925. The summed E-state index contributed by atoms with van der Waals surface area (Å²) in [5.41, 5.74) is 1.52. The van der Waals surface area contributed by atoms with Crippen molar-refractivity contribution in [2.24, 2.45) is 0 Å². The minimum Gasteiger partial charge on any atom is -0.442 e. The van der Waals surface area contributed by atoms with Gasteiger partial charge in [-0.05, 0) is 24.3 Å². The van der Waals surface area contributed by atoms with Gasteiger partial charge in [-0.25, -0.2) is 14.1 Å². The Balaban J connectivity index is 1.38. The van der Waals surface area contributed by atoms with Crippen LogP contribution in [0.3, 0.4) is 0 Å². The SMILES string of the molecule is C[N+]1(c2ccc(N3CC(CNC(=O)c4ccc(Cl)s4)OC3=O)cc2)CCOCC1=O. The molecule has 0 spiro atoms. The number of morpholine rings is 1. The number of cyclic esters (lactones) is 1. The van der Waals surface area contributed by atoms with Gasteiger partial charge in [0.1, 0.15) is 18.3 Å². The lowest BCUT2D eigenvalue weighted by molar-refractivity contribution is -0.139. The number of nitrogens with one attached hydrogen (secondary N) is 1. The predicted molar refractivity (Wildman–Crippen MR) is 114 cm³/mol. The lowest BCUT2D eigenvalue weighted by Gasteiger charge is -2.34. The zero-order valence-electron chi connectivity index (χ0n) is 16.3. The van der Waals surface area contributed by atoms with Crippen LogP contribution in [-0.4, -0.2) is 63.9 Å². The van der Waals surface area contributed by atoms with Gasteiger partial charge in [-0.15, -0.1) is 11.3 Å². The first kappa shape index (κ1) is 20.8. The normalized spacial score (nSPS) is 24.1. The van der Waals surface area contributed by atoms with Gasteiger partial charge >= 0.3 is 12.0 Å². The van der Waals surface area contributed by atoms with Crippen LogP contribution in [0.4, 0.5) is 16.2 Å². The Kier molecular flexibility index (Phi) is 5.79. The molecule has 2 fully saturated rings. The van der Waals surface area contributed by atoms with E-state index in [9.17, 15) is 14.4 Å². The zero-order valence-corrected chi connectivity index (χ0v) is 17.9. The number of thiophene rings is 1. The number of hydrogen-bond donors (Lipinski definition) is 1. The molecule has 2 aliphatic rings. The number of hydrogen-bond acceptors (Lipinski definition) is 6. The lowest BCUT2D eigenvalue weighted by atomic mass is 10.2. The molecule has 0 saturated carbocycles. The van der Waals surface area contributed by atoms with E-state index in [0.717, 1.165) is 5.69 Å². The van der Waals surface area contributed by atoms with Gasteiger partial charge in [0.25, 0.3) is 5.91 Å². The minimum absolute atomic E-state index is 0.00239. The van der Waals surface area contributed by atoms with Crippen molar-refractivity contribution >= 4 is 52.2 Å². The van der Waals surface area contributed by atoms with E-state index in [2.05, 4.69) is 5.32 Å². The molecule has 30 heavy (non-hydrogen) atoms. The molecule has 0 bridgehead atoms. The number of carbonyl (C=O) groups is 3. The third-order valence-corrected chi connectivity index (χ3v) is 6.58. The highest BCUT2D eigenvalue weighted by atomic mass is 35.5. The summed E-state index contributed by atoms with van der Waals surface area (Å²) in [7, 11) is 1.86. The Morgan fingerprint density at radius 2 is 2.03 bits per heavy atom. The highest BCUT2D eigenvalue weighted by Crippen LogP contribution is 2.29. The number of halogens is 1. The minimum atomic E-state index is -0.469. The molecule has 3 heterocycles. The topological polar surface area (TPSA) is 84.9 Å². The van der Waals surface area contributed by atoms with Crippen molar-refractivity contribution in [3.8, 4) is 0 Å². The Hall–Kier alpha value is -2.46. The third kappa shape index (κ3) is 4.06.